The standard InChI is InChI=1S/C10H13NO3S2/c12-7-10-5-9(8-15-10)6-11-1-3-16(13,14)4-2-11/h5,7-8H,1-4,6H2. The molecule has 1 aromatic heterocycles. The molecular weight excluding hydrogens is 246 g/mol. The molecule has 1 aliphatic rings. The van der Waals surface area contributed by atoms with Crippen molar-refractivity contribution in [2.75, 3.05) is 24.6 Å². The van der Waals surface area contributed by atoms with E-state index in [-0.39, 0.29) is 11.5 Å². The van der Waals surface area contributed by atoms with Crippen molar-refractivity contribution in [3.05, 3.63) is 21.9 Å². The first kappa shape index (κ1) is 11.8. The van der Waals surface area contributed by atoms with Crippen LogP contribution in [-0.2, 0) is 16.4 Å². The maximum Gasteiger partial charge on any atom is 0.160 e. The van der Waals surface area contributed by atoms with Gasteiger partial charge in [0.05, 0.1) is 16.4 Å². The number of hydrogen-bond acceptors (Lipinski definition) is 5. The average molecular weight is 259 g/mol. The lowest BCUT2D eigenvalue weighted by atomic mass is 10.3. The molecule has 2 heterocycles. The fourth-order valence-corrected chi connectivity index (χ4v) is 3.69. The van der Waals surface area contributed by atoms with Gasteiger partial charge in [-0.1, -0.05) is 0 Å². The molecule has 6 heteroatoms. The number of nitrogens with zero attached hydrogens (tertiary/aromatic N) is 1. The van der Waals surface area contributed by atoms with Gasteiger partial charge in [-0.2, -0.15) is 0 Å². The molecule has 16 heavy (non-hydrogen) atoms. The summed E-state index contributed by atoms with van der Waals surface area (Å²) in [6, 6.07) is 1.86. The number of carbonyl (C=O) groups is 1. The first-order valence-corrected chi connectivity index (χ1v) is 7.74. The molecule has 1 fully saturated rings. The van der Waals surface area contributed by atoms with Gasteiger partial charge < -0.3 is 0 Å². The largest absolute Gasteiger partial charge is 0.297 e. The van der Waals surface area contributed by atoms with Crippen molar-refractivity contribution in [3.63, 3.8) is 0 Å². The fourth-order valence-electron chi connectivity index (χ4n) is 1.71. The van der Waals surface area contributed by atoms with Gasteiger partial charge in [0.25, 0.3) is 0 Å². The van der Waals surface area contributed by atoms with Crippen LogP contribution in [-0.4, -0.2) is 44.2 Å². The number of hydrogen-bond donors (Lipinski definition) is 0. The van der Waals surface area contributed by atoms with Gasteiger partial charge in [-0.3, -0.25) is 9.69 Å². The smallest absolute Gasteiger partial charge is 0.160 e. The molecule has 0 aromatic carbocycles. The molecule has 0 atom stereocenters. The third kappa shape index (κ3) is 2.90. The van der Waals surface area contributed by atoms with Crippen LogP contribution in [0.5, 0.6) is 0 Å². The SMILES string of the molecule is O=Cc1cc(CN2CCS(=O)(=O)CC2)cs1. The van der Waals surface area contributed by atoms with Crippen LogP contribution < -0.4 is 0 Å². The normalized spacial score (nSPS) is 20.8. The first-order valence-electron chi connectivity index (χ1n) is 5.04. The van der Waals surface area contributed by atoms with Crippen molar-refractivity contribution in [1.82, 2.24) is 4.90 Å². The van der Waals surface area contributed by atoms with Crippen molar-refractivity contribution in [2.45, 2.75) is 6.54 Å². The summed E-state index contributed by atoms with van der Waals surface area (Å²) >= 11 is 1.42. The lowest BCUT2D eigenvalue weighted by Gasteiger charge is -2.25. The first-order chi connectivity index (χ1) is 7.59. The third-order valence-electron chi connectivity index (χ3n) is 2.63. The van der Waals surface area contributed by atoms with Gasteiger partial charge in [0.15, 0.2) is 16.1 Å². The van der Waals surface area contributed by atoms with E-state index in [1.807, 2.05) is 11.4 Å². The number of carbonyl (C=O) groups excluding carboxylic acids is 1. The topological polar surface area (TPSA) is 54.5 Å². The van der Waals surface area contributed by atoms with E-state index in [1.165, 1.54) is 11.3 Å². The van der Waals surface area contributed by atoms with E-state index in [2.05, 4.69) is 4.90 Å². The average Bonchev–Trinajstić information content (AvgIpc) is 2.69. The Morgan fingerprint density at radius 1 is 1.38 bits per heavy atom. The van der Waals surface area contributed by atoms with E-state index in [0.29, 0.717) is 13.1 Å². The molecule has 0 spiro atoms. The van der Waals surface area contributed by atoms with E-state index >= 15 is 0 Å². The molecule has 0 saturated carbocycles. The highest BCUT2D eigenvalue weighted by molar-refractivity contribution is 7.91. The zero-order chi connectivity index (χ0) is 11.6. The zero-order valence-electron chi connectivity index (χ0n) is 8.76. The van der Waals surface area contributed by atoms with Gasteiger partial charge in [0, 0.05) is 19.6 Å². The Morgan fingerprint density at radius 3 is 2.62 bits per heavy atom. The number of aldehydes is 1. The lowest BCUT2D eigenvalue weighted by Crippen LogP contribution is -2.39. The molecule has 2 rings (SSSR count). The van der Waals surface area contributed by atoms with Gasteiger partial charge in [0.1, 0.15) is 0 Å². The fraction of sp³-hybridized carbons (Fsp3) is 0.500. The number of thiophene rings is 1. The van der Waals surface area contributed by atoms with Crippen molar-refractivity contribution < 1.29 is 13.2 Å². The highest BCUT2D eigenvalue weighted by Crippen LogP contribution is 2.16. The van der Waals surface area contributed by atoms with Crippen LogP contribution in [0.3, 0.4) is 0 Å². The minimum Gasteiger partial charge on any atom is -0.297 e. The molecular formula is C10H13NO3S2. The molecule has 1 aliphatic heterocycles. The Kier molecular flexibility index (Phi) is 3.41. The second-order valence-corrected chi connectivity index (χ2v) is 7.15. The Bertz CT molecular complexity index is 464. The quantitative estimate of drug-likeness (QED) is 0.753. The molecule has 4 nitrogen and oxygen atoms in total. The minimum atomic E-state index is -2.80. The molecule has 0 radical (unpaired) electrons. The van der Waals surface area contributed by atoms with Crippen LogP contribution in [0.1, 0.15) is 15.2 Å². The third-order valence-corrected chi connectivity index (χ3v) is 5.15. The van der Waals surface area contributed by atoms with Gasteiger partial charge >= 0.3 is 0 Å². The lowest BCUT2D eigenvalue weighted by molar-refractivity contribution is 0.112. The van der Waals surface area contributed by atoms with Crippen molar-refractivity contribution >= 4 is 27.5 Å². The predicted octanol–water partition coefficient (Wildman–Crippen LogP) is 0.791. The van der Waals surface area contributed by atoms with Gasteiger partial charge in [-0.15, -0.1) is 11.3 Å². The van der Waals surface area contributed by atoms with Gasteiger partial charge in [-0.05, 0) is 17.0 Å². The number of sulfone groups is 1. The van der Waals surface area contributed by atoms with Crippen LogP contribution >= 0.6 is 11.3 Å². The molecule has 88 valence electrons. The van der Waals surface area contributed by atoms with E-state index in [0.717, 1.165) is 23.3 Å². The van der Waals surface area contributed by atoms with Crippen LogP contribution in [0, 0.1) is 0 Å². The van der Waals surface area contributed by atoms with Gasteiger partial charge in [0.2, 0.25) is 0 Å². The predicted molar refractivity (Wildman–Crippen MR) is 63.6 cm³/mol. The molecule has 1 saturated heterocycles. The molecule has 1 aromatic rings. The molecule has 0 unspecified atom stereocenters. The second kappa shape index (κ2) is 4.65. The highest BCUT2D eigenvalue weighted by atomic mass is 32.2. The molecule has 0 N–H and O–H groups in total. The summed E-state index contributed by atoms with van der Waals surface area (Å²) in [5.41, 5.74) is 1.09. The maximum absolute atomic E-state index is 11.2. The second-order valence-electron chi connectivity index (χ2n) is 3.90. The van der Waals surface area contributed by atoms with Crippen LogP contribution in [0.25, 0.3) is 0 Å². The summed E-state index contributed by atoms with van der Waals surface area (Å²) in [6.45, 7) is 1.92. The maximum atomic E-state index is 11.2. The van der Waals surface area contributed by atoms with Crippen molar-refractivity contribution in [1.29, 1.82) is 0 Å². The minimum absolute atomic E-state index is 0.248. The van der Waals surface area contributed by atoms with E-state index in [9.17, 15) is 13.2 Å². The van der Waals surface area contributed by atoms with Crippen molar-refractivity contribution in [3.8, 4) is 0 Å². The molecule has 0 aliphatic carbocycles. The van der Waals surface area contributed by atoms with Gasteiger partial charge in [-0.25, -0.2) is 8.42 Å². The van der Waals surface area contributed by atoms with E-state index in [4.69, 9.17) is 0 Å². The number of rotatable bonds is 3. The van der Waals surface area contributed by atoms with Crippen molar-refractivity contribution in [2.24, 2.45) is 0 Å². The molecule has 0 bridgehead atoms. The summed E-state index contributed by atoms with van der Waals surface area (Å²) in [5, 5.41) is 1.95. The van der Waals surface area contributed by atoms with Crippen LogP contribution in [0.2, 0.25) is 0 Å². The Labute approximate surface area is 98.8 Å². The highest BCUT2D eigenvalue weighted by Gasteiger charge is 2.21. The summed E-state index contributed by atoms with van der Waals surface area (Å²) in [5.74, 6) is 0.495. The van der Waals surface area contributed by atoms with E-state index in [1.54, 1.807) is 0 Å². The molecule has 0 amide bonds. The van der Waals surface area contributed by atoms with E-state index < -0.39 is 9.84 Å². The van der Waals surface area contributed by atoms with Crippen LogP contribution in [0.4, 0.5) is 0 Å². The Balaban J connectivity index is 1.94. The Morgan fingerprint density at radius 2 is 2.06 bits per heavy atom. The summed E-state index contributed by atoms with van der Waals surface area (Å²) < 4.78 is 22.5. The van der Waals surface area contributed by atoms with Crippen LogP contribution in [0.15, 0.2) is 11.4 Å². The Hall–Kier alpha value is -0.720. The summed E-state index contributed by atoms with van der Waals surface area (Å²) in [4.78, 5) is 13.3. The monoisotopic (exact) mass is 259 g/mol. The summed E-state index contributed by atoms with van der Waals surface area (Å²) in [6.07, 6.45) is 0.842. The summed E-state index contributed by atoms with van der Waals surface area (Å²) in [7, 11) is -2.80. The zero-order valence-corrected chi connectivity index (χ0v) is 10.4.